The molecule has 0 spiro atoms. The molecule has 26 heavy (non-hydrogen) atoms. The number of carbonyl (C=O) groups excluding carboxylic acids is 1. The number of allylic oxidation sites excluding steroid dienone is 1. The summed E-state index contributed by atoms with van der Waals surface area (Å²) >= 11 is 0. The summed E-state index contributed by atoms with van der Waals surface area (Å²) in [4.78, 5) is 12.5. The largest absolute Gasteiger partial charge is 0.363 e. The van der Waals surface area contributed by atoms with Crippen LogP contribution < -0.4 is 10.4 Å². The summed E-state index contributed by atoms with van der Waals surface area (Å²) in [6.07, 6.45) is 1.75. The van der Waals surface area contributed by atoms with Gasteiger partial charge in [0, 0.05) is 17.9 Å². The minimum atomic E-state index is 0.528. The van der Waals surface area contributed by atoms with E-state index in [0.29, 0.717) is 13.3 Å². The zero-order chi connectivity index (χ0) is 20.2. The molecular formula is C20H32N3O2P. The topological polar surface area (TPSA) is 63.2 Å². The van der Waals surface area contributed by atoms with E-state index < -0.39 is 0 Å². The number of benzene rings is 1. The van der Waals surface area contributed by atoms with Gasteiger partial charge in [0.25, 0.3) is 0 Å². The number of nitrogens with zero attached hydrogens (tertiary/aromatic N) is 1. The lowest BCUT2D eigenvalue weighted by atomic mass is 10.1. The van der Waals surface area contributed by atoms with Crippen LogP contribution in [0.3, 0.4) is 0 Å². The molecule has 1 atom stereocenters. The van der Waals surface area contributed by atoms with E-state index in [2.05, 4.69) is 31.4 Å². The van der Waals surface area contributed by atoms with Crippen molar-refractivity contribution < 1.29 is 9.53 Å². The zero-order valence-electron chi connectivity index (χ0n) is 16.3. The highest BCUT2D eigenvalue weighted by atomic mass is 31.0. The third-order valence-electron chi connectivity index (χ3n) is 2.66. The van der Waals surface area contributed by atoms with Crippen molar-refractivity contribution in [1.82, 2.24) is 4.98 Å². The zero-order valence-corrected chi connectivity index (χ0v) is 17.4. The summed E-state index contributed by atoms with van der Waals surface area (Å²) in [5.74, 6) is 0.834. The first-order chi connectivity index (χ1) is 12.7. The van der Waals surface area contributed by atoms with Gasteiger partial charge in [0.05, 0.1) is 5.69 Å². The summed E-state index contributed by atoms with van der Waals surface area (Å²) in [6.45, 7) is 14.5. The van der Waals surface area contributed by atoms with Gasteiger partial charge in [0.2, 0.25) is 0 Å². The standard InChI is InChI=1S/C14H18N3OP.C3H6.C2H6.CH2O/c1-2-18-10-15-12-8-6-11(7-9-12)13-4-3-5-14(16-13)17-19;1-3-2;2*1-2/h3-9,15H,2,10,19H2,1H3,(H,16,17);3H,1H2,2H3;1-2H3;1H2. The van der Waals surface area contributed by atoms with E-state index in [9.17, 15) is 0 Å². The second kappa shape index (κ2) is 19.1. The number of nitrogens with one attached hydrogen (secondary N) is 2. The summed E-state index contributed by atoms with van der Waals surface area (Å²) in [7, 11) is 2.45. The van der Waals surface area contributed by atoms with Crippen molar-refractivity contribution in [1.29, 1.82) is 0 Å². The molecule has 6 heteroatoms. The molecule has 1 aromatic carbocycles. The fraction of sp³-hybridized carbons (Fsp3) is 0.300. The molecule has 5 nitrogen and oxygen atoms in total. The Bertz CT molecular complexity index is 578. The van der Waals surface area contributed by atoms with Gasteiger partial charge in [-0.3, -0.25) is 0 Å². The normalized spacial score (nSPS) is 8.35. The van der Waals surface area contributed by atoms with Gasteiger partial charge >= 0.3 is 0 Å². The van der Waals surface area contributed by atoms with Crippen molar-refractivity contribution in [3.8, 4) is 11.3 Å². The van der Waals surface area contributed by atoms with Crippen LogP contribution in [0.2, 0.25) is 0 Å². The van der Waals surface area contributed by atoms with Gasteiger partial charge in [-0.15, -0.1) is 6.58 Å². The molecule has 0 amide bonds. The Labute approximate surface area is 160 Å². The lowest BCUT2D eigenvalue weighted by molar-refractivity contribution is -0.0979. The highest BCUT2D eigenvalue weighted by Gasteiger charge is 2.00. The molecule has 0 aliphatic rings. The van der Waals surface area contributed by atoms with Gasteiger partial charge in [0.15, 0.2) is 0 Å². The maximum absolute atomic E-state index is 8.00. The molecule has 2 rings (SSSR count). The van der Waals surface area contributed by atoms with Gasteiger partial charge in [-0.1, -0.05) is 38.1 Å². The maximum Gasteiger partial charge on any atom is 0.129 e. The fourth-order valence-electron chi connectivity index (χ4n) is 1.67. The van der Waals surface area contributed by atoms with Crippen LogP contribution in [0.4, 0.5) is 11.5 Å². The van der Waals surface area contributed by atoms with E-state index >= 15 is 0 Å². The quantitative estimate of drug-likeness (QED) is 0.306. The number of carbonyl (C=O) groups is 1. The first kappa shape index (κ1) is 26.0. The van der Waals surface area contributed by atoms with Crippen LogP contribution in [0.25, 0.3) is 11.3 Å². The van der Waals surface area contributed by atoms with Crippen LogP contribution in [0.5, 0.6) is 0 Å². The molecule has 0 aliphatic heterocycles. The molecule has 144 valence electrons. The Hall–Kier alpha value is -2.23. The molecule has 1 unspecified atom stereocenters. The highest BCUT2D eigenvalue weighted by molar-refractivity contribution is 7.18. The molecule has 0 saturated carbocycles. The average Bonchev–Trinajstić information content (AvgIpc) is 2.72. The molecule has 2 N–H and O–H groups in total. The Morgan fingerprint density at radius 2 is 1.73 bits per heavy atom. The molecule has 1 heterocycles. The molecule has 2 aromatic rings. The van der Waals surface area contributed by atoms with E-state index in [1.165, 1.54) is 0 Å². The van der Waals surface area contributed by atoms with Crippen LogP contribution in [0, 0.1) is 0 Å². The molecule has 0 fully saturated rings. The molecule has 0 aliphatic carbocycles. The van der Waals surface area contributed by atoms with Gasteiger partial charge in [-0.2, -0.15) is 0 Å². The smallest absolute Gasteiger partial charge is 0.129 e. The molecule has 0 bridgehead atoms. The SMILES string of the molecule is C=CC.C=O.CC.CCOCNc1ccc(-c2cccc(NP)n2)cc1. The van der Waals surface area contributed by atoms with Crippen LogP contribution in [-0.2, 0) is 9.53 Å². The lowest BCUT2D eigenvalue weighted by Crippen LogP contribution is -2.05. The summed E-state index contributed by atoms with van der Waals surface area (Å²) < 4.78 is 5.25. The van der Waals surface area contributed by atoms with Crippen molar-refractivity contribution in [3.63, 3.8) is 0 Å². The fourth-order valence-corrected chi connectivity index (χ4v) is 1.83. The van der Waals surface area contributed by atoms with Crippen LogP contribution in [-0.4, -0.2) is 25.1 Å². The Morgan fingerprint density at radius 3 is 2.23 bits per heavy atom. The first-order valence-electron chi connectivity index (χ1n) is 8.46. The van der Waals surface area contributed by atoms with Gasteiger partial charge in [0.1, 0.15) is 19.3 Å². The minimum absolute atomic E-state index is 0.528. The van der Waals surface area contributed by atoms with Crippen molar-refractivity contribution in [3.05, 3.63) is 55.1 Å². The molecule has 1 aromatic heterocycles. The third kappa shape index (κ3) is 11.3. The number of hydrogen-bond donors (Lipinski definition) is 2. The van der Waals surface area contributed by atoms with Crippen molar-refractivity contribution in [2.45, 2.75) is 27.7 Å². The number of pyridine rings is 1. The summed E-state index contributed by atoms with van der Waals surface area (Å²) in [5.41, 5.74) is 3.07. The maximum atomic E-state index is 8.00. The van der Waals surface area contributed by atoms with Gasteiger partial charge < -0.3 is 19.9 Å². The first-order valence-corrected chi connectivity index (χ1v) is 9.04. The predicted molar refractivity (Wildman–Crippen MR) is 117 cm³/mol. The number of hydrogen-bond acceptors (Lipinski definition) is 5. The third-order valence-corrected chi connectivity index (χ3v) is 2.96. The van der Waals surface area contributed by atoms with E-state index in [-0.39, 0.29) is 0 Å². The van der Waals surface area contributed by atoms with Crippen molar-refractivity contribution >= 4 is 27.7 Å². The van der Waals surface area contributed by atoms with E-state index in [1.54, 1.807) is 6.08 Å². The second-order valence-electron chi connectivity index (χ2n) is 4.35. The summed E-state index contributed by atoms with van der Waals surface area (Å²) in [6, 6.07) is 14.0. The van der Waals surface area contributed by atoms with Crippen molar-refractivity contribution in [2.24, 2.45) is 0 Å². The highest BCUT2D eigenvalue weighted by Crippen LogP contribution is 2.21. The Balaban J connectivity index is 0. The molecular weight excluding hydrogens is 345 g/mol. The average molecular weight is 377 g/mol. The van der Waals surface area contributed by atoms with E-state index in [1.807, 2.05) is 76.9 Å². The monoisotopic (exact) mass is 377 g/mol. The minimum Gasteiger partial charge on any atom is -0.363 e. The number of rotatable bonds is 6. The number of anilines is 2. The van der Waals surface area contributed by atoms with Gasteiger partial charge in [-0.05, 0) is 47.5 Å². The van der Waals surface area contributed by atoms with Crippen molar-refractivity contribution in [2.75, 3.05) is 23.7 Å². The van der Waals surface area contributed by atoms with Gasteiger partial charge in [-0.25, -0.2) is 4.98 Å². The predicted octanol–water partition coefficient (Wildman–Crippen LogP) is 5.39. The number of aromatic nitrogens is 1. The van der Waals surface area contributed by atoms with Crippen LogP contribution in [0.15, 0.2) is 55.1 Å². The second-order valence-corrected chi connectivity index (χ2v) is 4.64. The molecule has 0 radical (unpaired) electrons. The molecule has 0 saturated heterocycles. The van der Waals surface area contributed by atoms with Crippen LogP contribution >= 0.6 is 9.39 Å². The number of ether oxygens (including phenoxy) is 1. The Morgan fingerprint density at radius 1 is 1.15 bits per heavy atom. The van der Waals surface area contributed by atoms with E-state index in [0.717, 1.165) is 22.8 Å². The summed E-state index contributed by atoms with van der Waals surface area (Å²) in [5, 5.41) is 6.15. The Kier molecular flexibility index (Phi) is 19.1. The lowest BCUT2D eigenvalue weighted by Gasteiger charge is -2.08. The van der Waals surface area contributed by atoms with E-state index in [4.69, 9.17) is 9.53 Å². The van der Waals surface area contributed by atoms with Crippen LogP contribution in [0.1, 0.15) is 27.7 Å².